The Morgan fingerprint density at radius 1 is 1.10 bits per heavy atom. The molecule has 1 aliphatic heterocycles. The predicted molar refractivity (Wildman–Crippen MR) is 107 cm³/mol. The summed E-state index contributed by atoms with van der Waals surface area (Å²) in [6.07, 6.45) is 0. The first-order chi connectivity index (χ1) is 13.8. The lowest BCUT2D eigenvalue weighted by Gasteiger charge is -2.35. The molecule has 3 rings (SSSR count). The van der Waals surface area contributed by atoms with E-state index in [9.17, 15) is 17.2 Å². The Balaban J connectivity index is 1.84. The van der Waals surface area contributed by atoms with Gasteiger partial charge in [-0.15, -0.1) is 0 Å². The maximum absolute atomic E-state index is 14.0. The number of morpholine rings is 1. The van der Waals surface area contributed by atoms with E-state index in [4.69, 9.17) is 4.74 Å². The van der Waals surface area contributed by atoms with Crippen LogP contribution in [-0.4, -0.2) is 60.3 Å². The molecule has 0 amide bonds. The zero-order chi connectivity index (χ0) is 21.0. The van der Waals surface area contributed by atoms with Crippen molar-refractivity contribution < 1.29 is 21.9 Å². The molecular formula is C20H25F2N3O3S. The summed E-state index contributed by atoms with van der Waals surface area (Å²) >= 11 is 0. The number of benzene rings is 2. The van der Waals surface area contributed by atoms with Crippen LogP contribution in [0.2, 0.25) is 0 Å². The van der Waals surface area contributed by atoms with Crippen LogP contribution in [0.25, 0.3) is 0 Å². The quantitative estimate of drug-likeness (QED) is 0.738. The second-order valence-electron chi connectivity index (χ2n) is 7.08. The Bertz CT molecular complexity index is 930. The predicted octanol–water partition coefficient (Wildman–Crippen LogP) is 2.38. The van der Waals surface area contributed by atoms with E-state index in [1.54, 1.807) is 0 Å². The SMILES string of the molecule is CN(C)c1ccc([C@H](CNS(=O)(=O)c2cc(F)ccc2F)N2CCOCC2)cc1. The number of nitrogens with zero attached hydrogens (tertiary/aromatic N) is 2. The number of hydrogen-bond donors (Lipinski definition) is 1. The van der Waals surface area contributed by atoms with Crippen molar-refractivity contribution in [1.82, 2.24) is 9.62 Å². The van der Waals surface area contributed by atoms with Crippen LogP contribution in [-0.2, 0) is 14.8 Å². The van der Waals surface area contributed by atoms with Crippen LogP contribution in [0.15, 0.2) is 47.4 Å². The summed E-state index contributed by atoms with van der Waals surface area (Å²) in [5.74, 6) is -1.80. The van der Waals surface area contributed by atoms with Crippen molar-refractivity contribution in [2.75, 3.05) is 51.8 Å². The molecule has 1 aliphatic rings. The third kappa shape index (κ3) is 5.30. The zero-order valence-corrected chi connectivity index (χ0v) is 17.3. The van der Waals surface area contributed by atoms with E-state index in [0.29, 0.717) is 32.4 Å². The van der Waals surface area contributed by atoms with Crippen LogP contribution >= 0.6 is 0 Å². The number of ether oxygens (including phenoxy) is 1. The molecule has 1 heterocycles. The zero-order valence-electron chi connectivity index (χ0n) is 16.4. The van der Waals surface area contributed by atoms with Crippen molar-refractivity contribution >= 4 is 15.7 Å². The van der Waals surface area contributed by atoms with Gasteiger partial charge in [0, 0.05) is 45.5 Å². The Labute approximate surface area is 170 Å². The summed E-state index contributed by atoms with van der Waals surface area (Å²) in [6, 6.07) is 9.95. The molecule has 2 aromatic carbocycles. The van der Waals surface area contributed by atoms with Gasteiger partial charge in [0.25, 0.3) is 0 Å². The fraction of sp³-hybridized carbons (Fsp3) is 0.400. The average molecular weight is 426 g/mol. The van der Waals surface area contributed by atoms with Crippen LogP contribution in [0, 0.1) is 11.6 Å². The van der Waals surface area contributed by atoms with Crippen molar-refractivity contribution in [3.05, 3.63) is 59.7 Å². The van der Waals surface area contributed by atoms with Gasteiger partial charge in [0.15, 0.2) is 0 Å². The van der Waals surface area contributed by atoms with Crippen molar-refractivity contribution in [1.29, 1.82) is 0 Å². The van der Waals surface area contributed by atoms with Crippen LogP contribution in [0.1, 0.15) is 11.6 Å². The first-order valence-corrected chi connectivity index (χ1v) is 10.8. The maximum atomic E-state index is 14.0. The van der Waals surface area contributed by atoms with Gasteiger partial charge in [-0.3, -0.25) is 4.90 Å². The van der Waals surface area contributed by atoms with E-state index < -0.39 is 26.6 Å². The Hall–Kier alpha value is -2.07. The normalized spacial score (nSPS) is 16.6. The summed E-state index contributed by atoms with van der Waals surface area (Å²) in [6.45, 7) is 2.43. The highest BCUT2D eigenvalue weighted by atomic mass is 32.2. The van der Waals surface area contributed by atoms with Crippen LogP contribution in [0.4, 0.5) is 14.5 Å². The highest BCUT2D eigenvalue weighted by molar-refractivity contribution is 7.89. The highest BCUT2D eigenvalue weighted by Gasteiger charge is 2.26. The molecule has 0 unspecified atom stereocenters. The molecule has 29 heavy (non-hydrogen) atoms. The van der Waals surface area contributed by atoms with Gasteiger partial charge in [-0.1, -0.05) is 12.1 Å². The van der Waals surface area contributed by atoms with E-state index in [1.807, 2.05) is 43.3 Å². The molecule has 0 aliphatic carbocycles. The van der Waals surface area contributed by atoms with E-state index in [-0.39, 0.29) is 12.6 Å². The number of halogens is 2. The second-order valence-corrected chi connectivity index (χ2v) is 8.81. The molecule has 0 radical (unpaired) electrons. The Morgan fingerprint density at radius 3 is 2.38 bits per heavy atom. The Kier molecular flexibility index (Phi) is 6.84. The lowest BCUT2D eigenvalue weighted by Crippen LogP contribution is -2.43. The van der Waals surface area contributed by atoms with Gasteiger partial charge >= 0.3 is 0 Å². The van der Waals surface area contributed by atoms with E-state index in [2.05, 4.69) is 9.62 Å². The number of hydrogen-bond acceptors (Lipinski definition) is 5. The van der Waals surface area contributed by atoms with Gasteiger partial charge in [0.1, 0.15) is 16.5 Å². The van der Waals surface area contributed by atoms with E-state index >= 15 is 0 Å². The lowest BCUT2D eigenvalue weighted by molar-refractivity contribution is 0.0172. The molecule has 158 valence electrons. The lowest BCUT2D eigenvalue weighted by atomic mass is 10.0. The molecule has 0 bridgehead atoms. The largest absolute Gasteiger partial charge is 0.379 e. The molecule has 6 nitrogen and oxygen atoms in total. The Morgan fingerprint density at radius 2 is 1.76 bits per heavy atom. The molecule has 9 heteroatoms. The summed E-state index contributed by atoms with van der Waals surface area (Å²) < 4.78 is 60.5. The monoisotopic (exact) mass is 425 g/mol. The molecule has 1 N–H and O–H groups in total. The van der Waals surface area contributed by atoms with Crippen LogP contribution in [0.5, 0.6) is 0 Å². The van der Waals surface area contributed by atoms with Crippen molar-refractivity contribution in [2.24, 2.45) is 0 Å². The highest BCUT2D eigenvalue weighted by Crippen LogP contribution is 2.25. The molecule has 1 fully saturated rings. The minimum Gasteiger partial charge on any atom is -0.379 e. The summed E-state index contributed by atoms with van der Waals surface area (Å²) in [7, 11) is -0.327. The minimum absolute atomic E-state index is 0.0274. The van der Waals surface area contributed by atoms with Gasteiger partial charge in [0.2, 0.25) is 10.0 Å². The van der Waals surface area contributed by atoms with Gasteiger partial charge in [-0.05, 0) is 35.9 Å². The topological polar surface area (TPSA) is 61.9 Å². The fourth-order valence-corrected chi connectivity index (χ4v) is 4.42. The first-order valence-electron chi connectivity index (χ1n) is 9.32. The van der Waals surface area contributed by atoms with Gasteiger partial charge < -0.3 is 9.64 Å². The summed E-state index contributed by atoms with van der Waals surface area (Å²) in [4.78, 5) is 3.41. The van der Waals surface area contributed by atoms with Gasteiger partial charge in [-0.25, -0.2) is 21.9 Å². The molecule has 0 aromatic heterocycles. The maximum Gasteiger partial charge on any atom is 0.243 e. The second kappa shape index (κ2) is 9.17. The summed E-state index contributed by atoms with van der Waals surface area (Å²) in [5.41, 5.74) is 1.96. The van der Waals surface area contributed by atoms with Gasteiger partial charge in [-0.2, -0.15) is 0 Å². The third-order valence-corrected chi connectivity index (χ3v) is 6.37. The van der Waals surface area contributed by atoms with Crippen molar-refractivity contribution in [3.63, 3.8) is 0 Å². The number of nitrogens with one attached hydrogen (secondary N) is 1. The van der Waals surface area contributed by atoms with Crippen molar-refractivity contribution in [2.45, 2.75) is 10.9 Å². The number of sulfonamides is 1. The molecule has 1 saturated heterocycles. The molecule has 2 aromatic rings. The fourth-order valence-electron chi connectivity index (χ4n) is 3.29. The number of anilines is 1. The average Bonchev–Trinajstić information content (AvgIpc) is 2.71. The van der Waals surface area contributed by atoms with E-state index in [0.717, 1.165) is 23.4 Å². The number of rotatable bonds is 7. The molecule has 0 spiro atoms. The smallest absolute Gasteiger partial charge is 0.243 e. The van der Waals surface area contributed by atoms with Crippen molar-refractivity contribution in [3.8, 4) is 0 Å². The van der Waals surface area contributed by atoms with E-state index in [1.165, 1.54) is 0 Å². The van der Waals surface area contributed by atoms with Crippen LogP contribution < -0.4 is 9.62 Å². The summed E-state index contributed by atoms with van der Waals surface area (Å²) in [5, 5.41) is 0. The molecule has 0 saturated carbocycles. The standard InChI is InChI=1S/C20H25F2N3O3S/c1-24(2)17-6-3-15(4-7-17)19(25-9-11-28-12-10-25)14-23-29(26,27)20-13-16(21)5-8-18(20)22/h3-8,13,19,23H,9-12,14H2,1-2H3/t19-/m0/s1. The third-order valence-electron chi connectivity index (χ3n) is 4.93. The molecular weight excluding hydrogens is 400 g/mol. The first kappa shape index (κ1) is 21.6. The minimum atomic E-state index is -4.21. The molecule has 1 atom stereocenters. The van der Waals surface area contributed by atoms with Gasteiger partial charge in [0.05, 0.1) is 13.2 Å². The van der Waals surface area contributed by atoms with Crippen LogP contribution in [0.3, 0.4) is 0 Å².